The van der Waals surface area contributed by atoms with Crippen molar-refractivity contribution in [2.24, 2.45) is 0 Å². The molecule has 3 aromatic rings. The monoisotopic (exact) mass is 459 g/mol. The van der Waals surface area contributed by atoms with E-state index in [1.165, 1.54) is 22.5 Å². The molecule has 2 heterocycles. The molecule has 0 aliphatic carbocycles. The van der Waals surface area contributed by atoms with Gasteiger partial charge in [-0.15, -0.1) is 0 Å². The van der Waals surface area contributed by atoms with Crippen molar-refractivity contribution in [2.75, 3.05) is 18.4 Å². The number of ether oxygens (including phenoxy) is 1. The second kappa shape index (κ2) is 8.55. The maximum absolute atomic E-state index is 13.3. The molecule has 0 spiro atoms. The third-order valence-corrected chi connectivity index (χ3v) is 7.40. The molecule has 0 unspecified atom stereocenters. The van der Waals surface area contributed by atoms with Gasteiger partial charge in [-0.3, -0.25) is 9.78 Å². The highest BCUT2D eigenvalue weighted by Crippen LogP contribution is 2.29. The number of morpholine rings is 1. The van der Waals surface area contributed by atoms with Crippen LogP contribution in [0.25, 0.3) is 10.9 Å². The lowest BCUT2D eigenvalue weighted by molar-refractivity contribution is -0.0440. The standard InChI is InChI=1S/C22H22ClN3O4S/c1-14-12-26(13-15(2)30-14)31(28,29)21-11-16(8-9-18(21)23)22(27)25-20-7-3-6-19-17(20)5-4-10-24-19/h3-11,14-15H,12-13H2,1-2H3,(H,25,27)/t14-,15-/m0/s1. The molecule has 2 atom stereocenters. The quantitative estimate of drug-likeness (QED) is 0.638. The Morgan fingerprint density at radius 2 is 1.87 bits per heavy atom. The second-order valence-electron chi connectivity index (χ2n) is 7.55. The smallest absolute Gasteiger partial charge is 0.255 e. The van der Waals surface area contributed by atoms with Crippen LogP contribution in [0.3, 0.4) is 0 Å². The number of pyridine rings is 1. The third kappa shape index (κ3) is 4.43. The lowest BCUT2D eigenvalue weighted by Gasteiger charge is -2.34. The van der Waals surface area contributed by atoms with E-state index >= 15 is 0 Å². The van der Waals surface area contributed by atoms with Crippen molar-refractivity contribution in [2.45, 2.75) is 31.0 Å². The number of benzene rings is 2. The lowest BCUT2D eigenvalue weighted by Crippen LogP contribution is -2.48. The van der Waals surface area contributed by atoms with Gasteiger partial charge < -0.3 is 10.1 Å². The number of rotatable bonds is 4. The number of amides is 1. The van der Waals surface area contributed by atoms with Gasteiger partial charge in [0, 0.05) is 30.2 Å². The molecule has 7 nitrogen and oxygen atoms in total. The van der Waals surface area contributed by atoms with Crippen molar-refractivity contribution >= 4 is 44.1 Å². The molecule has 1 aliphatic rings. The van der Waals surface area contributed by atoms with E-state index in [0.717, 1.165) is 10.9 Å². The molecule has 0 bridgehead atoms. The molecule has 1 fully saturated rings. The Labute approximate surface area is 186 Å². The number of sulfonamides is 1. The van der Waals surface area contributed by atoms with E-state index in [1.807, 2.05) is 26.0 Å². The number of nitrogens with one attached hydrogen (secondary N) is 1. The summed E-state index contributed by atoms with van der Waals surface area (Å²) in [5.74, 6) is -0.437. The normalized spacial score (nSPS) is 20.0. The van der Waals surface area contributed by atoms with E-state index < -0.39 is 15.9 Å². The van der Waals surface area contributed by atoms with Crippen LogP contribution in [0.15, 0.2) is 59.6 Å². The molecule has 1 aliphatic heterocycles. The van der Waals surface area contributed by atoms with Gasteiger partial charge >= 0.3 is 0 Å². The summed E-state index contributed by atoms with van der Waals surface area (Å²) in [7, 11) is -3.89. The molecule has 0 radical (unpaired) electrons. The Morgan fingerprint density at radius 3 is 2.61 bits per heavy atom. The Balaban J connectivity index is 1.65. The molecule has 162 valence electrons. The van der Waals surface area contributed by atoms with Gasteiger partial charge in [0.05, 0.1) is 28.4 Å². The molecular formula is C22H22ClN3O4S. The third-order valence-electron chi connectivity index (χ3n) is 5.09. The topological polar surface area (TPSA) is 88.6 Å². The molecule has 4 rings (SSSR count). The molecule has 1 N–H and O–H groups in total. The average molecular weight is 460 g/mol. The van der Waals surface area contributed by atoms with Gasteiger partial charge in [-0.25, -0.2) is 8.42 Å². The Kier molecular flexibility index (Phi) is 5.98. The summed E-state index contributed by atoms with van der Waals surface area (Å²) in [6.45, 7) is 4.09. The first-order valence-electron chi connectivity index (χ1n) is 9.86. The minimum Gasteiger partial charge on any atom is -0.373 e. The molecular weight excluding hydrogens is 438 g/mol. The van der Waals surface area contributed by atoms with E-state index in [9.17, 15) is 13.2 Å². The van der Waals surface area contributed by atoms with Gasteiger partial charge in [-0.2, -0.15) is 4.31 Å². The highest BCUT2D eigenvalue weighted by molar-refractivity contribution is 7.89. The highest BCUT2D eigenvalue weighted by Gasteiger charge is 2.33. The second-order valence-corrected chi connectivity index (χ2v) is 9.87. The first-order valence-corrected chi connectivity index (χ1v) is 11.7. The number of anilines is 1. The van der Waals surface area contributed by atoms with Gasteiger partial charge in [-0.1, -0.05) is 17.7 Å². The summed E-state index contributed by atoms with van der Waals surface area (Å²) >= 11 is 6.24. The van der Waals surface area contributed by atoms with Crippen LogP contribution in [0.1, 0.15) is 24.2 Å². The predicted molar refractivity (Wildman–Crippen MR) is 120 cm³/mol. The van der Waals surface area contributed by atoms with Crippen LogP contribution in [0.2, 0.25) is 5.02 Å². The maximum atomic E-state index is 13.3. The fourth-order valence-corrected chi connectivity index (χ4v) is 5.81. The summed E-state index contributed by atoms with van der Waals surface area (Å²) < 4.78 is 33.5. The van der Waals surface area contributed by atoms with Gasteiger partial charge in [0.25, 0.3) is 5.91 Å². The van der Waals surface area contributed by atoms with Crippen LogP contribution < -0.4 is 5.32 Å². The summed E-state index contributed by atoms with van der Waals surface area (Å²) in [6.07, 6.45) is 1.21. The van der Waals surface area contributed by atoms with Crippen LogP contribution in [-0.4, -0.2) is 48.9 Å². The lowest BCUT2D eigenvalue weighted by atomic mass is 10.1. The SMILES string of the molecule is C[C@H]1CN(S(=O)(=O)c2cc(C(=O)Nc3cccc4ncccc34)ccc2Cl)C[C@H](C)O1. The van der Waals surface area contributed by atoms with Crippen LogP contribution in [0.5, 0.6) is 0 Å². The zero-order valence-electron chi connectivity index (χ0n) is 17.1. The van der Waals surface area contributed by atoms with Crippen molar-refractivity contribution < 1.29 is 17.9 Å². The van der Waals surface area contributed by atoms with Crippen molar-refractivity contribution in [3.05, 3.63) is 65.3 Å². The van der Waals surface area contributed by atoms with Gasteiger partial charge in [-0.05, 0) is 56.3 Å². The van der Waals surface area contributed by atoms with Crippen molar-refractivity contribution in [3.63, 3.8) is 0 Å². The van der Waals surface area contributed by atoms with E-state index in [0.29, 0.717) is 5.69 Å². The Bertz CT molecular complexity index is 1230. The van der Waals surface area contributed by atoms with Crippen LogP contribution in [0.4, 0.5) is 5.69 Å². The number of fused-ring (bicyclic) bond motifs is 1. The fourth-order valence-electron chi connectivity index (χ4n) is 3.72. The summed E-state index contributed by atoms with van der Waals surface area (Å²) in [5.41, 5.74) is 1.53. The minimum absolute atomic E-state index is 0.0673. The Morgan fingerprint density at radius 1 is 1.13 bits per heavy atom. The largest absolute Gasteiger partial charge is 0.373 e. The molecule has 0 saturated carbocycles. The first-order chi connectivity index (χ1) is 14.8. The average Bonchev–Trinajstić information content (AvgIpc) is 2.73. The molecule has 1 saturated heterocycles. The summed E-state index contributed by atoms with van der Waals surface area (Å²) in [6, 6.07) is 13.3. The highest BCUT2D eigenvalue weighted by atomic mass is 35.5. The van der Waals surface area contributed by atoms with Crippen LogP contribution in [-0.2, 0) is 14.8 Å². The van der Waals surface area contributed by atoms with Gasteiger partial charge in [0.15, 0.2) is 0 Å². The van der Waals surface area contributed by atoms with Crippen molar-refractivity contribution in [3.8, 4) is 0 Å². The number of aromatic nitrogens is 1. The summed E-state index contributed by atoms with van der Waals surface area (Å²) in [4.78, 5) is 17.1. The number of carbonyl (C=O) groups is 1. The number of carbonyl (C=O) groups excluding carboxylic acids is 1. The number of hydrogen-bond donors (Lipinski definition) is 1. The zero-order valence-corrected chi connectivity index (χ0v) is 18.7. The van der Waals surface area contributed by atoms with Crippen LogP contribution >= 0.6 is 11.6 Å². The molecule has 2 aromatic carbocycles. The van der Waals surface area contributed by atoms with Gasteiger partial charge in [0.2, 0.25) is 10.0 Å². The number of halogens is 1. The molecule has 1 aromatic heterocycles. The van der Waals surface area contributed by atoms with E-state index in [1.54, 1.807) is 24.4 Å². The molecule has 9 heteroatoms. The fraction of sp³-hybridized carbons (Fsp3) is 0.273. The van der Waals surface area contributed by atoms with E-state index in [-0.39, 0.29) is 40.8 Å². The zero-order chi connectivity index (χ0) is 22.2. The molecule has 31 heavy (non-hydrogen) atoms. The van der Waals surface area contributed by atoms with E-state index in [4.69, 9.17) is 16.3 Å². The Hall–Kier alpha value is -2.52. The van der Waals surface area contributed by atoms with E-state index in [2.05, 4.69) is 10.3 Å². The summed E-state index contributed by atoms with van der Waals surface area (Å²) in [5, 5.41) is 3.70. The minimum atomic E-state index is -3.89. The number of hydrogen-bond acceptors (Lipinski definition) is 5. The van der Waals surface area contributed by atoms with Gasteiger partial charge in [0.1, 0.15) is 4.90 Å². The van der Waals surface area contributed by atoms with Crippen LogP contribution in [0, 0.1) is 0 Å². The number of nitrogens with zero attached hydrogens (tertiary/aromatic N) is 2. The first kappa shape index (κ1) is 21.7. The molecule has 1 amide bonds. The van der Waals surface area contributed by atoms with Crippen molar-refractivity contribution in [1.82, 2.24) is 9.29 Å². The maximum Gasteiger partial charge on any atom is 0.255 e. The predicted octanol–water partition coefficient (Wildman–Crippen LogP) is 3.94. The van der Waals surface area contributed by atoms with Crippen molar-refractivity contribution in [1.29, 1.82) is 0 Å².